The second-order valence-corrected chi connectivity index (χ2v) is 7.41. The van der Waals surface area contributed by atoms with Crippen LogP contribution in [0.25, 0.3) is 0 Å². The maximum absolute atomic E-state index is 12.0. The molecular formula is C18H27NO2S. The minimum atomic E-state index is -0.457. The van der Waals surface area contributed by atoms with Gasteiger partial charge in [0.2, 0.25) is 0 Å². The van der Waals surface area contributed by atoms with Crippen LogP contribution in [0.2, 0.25) is 0 Å². The first-order valence-electron chi connectivity index (χ1n) is 8.28. The van der Waals surface area contributed by atoms with Gasteiger partial charge in [0.15, 0.2) is 6.10 Å². The SMILES string of the molecule is Cc1cccc(O[C@@H](C)C(=O)NCCSC2CCCCC2)c1. The standard InChI is InChI=1S/C18H27NO2S/c1-14-7-6-8-16(13-14)21-15(2)18(20)19-11-12-22-17-9-4-3-5-10-17/h6-8,13,15,17H,3-5,9-12H2,1-2H3,(H,19,20)/t15-/m0/s1. The highest BCUT2D eigenvalue weighted by Gasteiger charge is 2.16. The monoisotopic (exact) mass is 321 g/mol. The van der Waals surface area contributed by atoms with E-state index in [0.717, 1.165) is 28.9 Å². The van der Waals surface area contributed by atoms with Crippen LogP contribution in [-0.4, -0.2) is 29.6 Å². The molecule has 1 aromatic carbocycles. The molecule has 1 fully saturated rings. The van der Waals surface area contributed by atoms with Crippen LogP contribution >= 0.6 is 11.8 Å². The van der Waals surface area contributed by atoms with E-state index in [1.54, 1.807) is 6.92 Å². The molecule has 1 amide bonds. The van der Waals surface area contributed by atoms with E-state index in [2.05, 4.69) is 5.32 Å². The average molecular weight is 321 g/mol. The van der Waals surface area contributed by atoms with E-state index in [0.29, 0.717) is 0 Å². The molecule has 0 radical (unpaired) electrons. The number of hydrogen-bond donors (Lipinski definition) is 1. The van der Waals surface area contributed by atoms with E-state index in [1.165, 1.54) is 32.1 Å². The summed E-state index contributed by atoms with van der Waals surface area (Å²) in [5, 5.41) is 3.77. The highest BCUT2D eigenvalue weighted by atomic mass is 32.2. The lowest BCUT2D eigenvalue weighted by atomic mass is 10.0. The van der Waals surface area contributed by atoms with Gasteiger partial charge in [0.05, 0.1) is 0 Å². The van der Waals surface area contributed by atoms with Crippen LogP contribution in [0.1, 0.15) is 44.6 Å². The molecule has 0 bridgehead atoms. The molecule has 4 heteroatoms. The number of benzene rings is 1. The Labute approximate surface area is 138 Å². The van der Waals surface area contributed by atoms with E-state index in [4.69, 9.17) is 4.74 Å². The van der Waals surface area contributed by atoms with Crippen LogP contribution in [0.15, 0.2) is 24.3 Å². The lowest BCUT2D eigenvalue weighted by Crippen LogP contribution is -2.37. The Balaban J connectivity index is 1.63. The van der Waals surface area contributed by atoms with Gasteiger partial charge >= 0.3 is 0 Å². The number of carbonyl (C=O) groups is 1. The molecule has 0 aliphatic heterocycles. The molecular weight excluding hydrogens is 294 g/mol. The second kappa shape index (κ2) is 9.09. The van der Waals surface area contributed by atoms with Crippen molar-refractivity contribution in [2.24, 2.45) is 0 Å². The summed E-state index contributed by atoms with van der Waals surface area (Å²) in [7, 11) is 0. The molecule has 0 heterocycles. The lowest BCUT2D eigenvalue weighted by molar-refractivity contribution is -0.127. The fraction of sp³-hybridized carbons (Fsp3) is 0.611. The quantitative estimate of drug-likeness (QED) is 0.773. The van der Waals surface area contributed by atoms with Crippen LogP contribution in [0, 0.1) is 6.92 Å². The van der Waals surface area contributed by atoms with Crippen molar-refractivity contribution in [2.45, 2.75) is 57.3 Å². The zero-order chi connectivity index (χ0) is 15.8. The largest absolute Gasteiger partial charge is 0.481 e. The minimum absolute atomic E-state index is 0.0363. The predicted molar refractivity (Wildman–Crippen MR) is 93.6 cm³/mol. The Bertz CT molecular complexity index is 472. The number of carbonyl (C=O) groups excluding carboxylic acids is 1. The van der Waals surface area contributed by atoms with E-state index in [9.17, 15) is 4.79 Å². The number of hydrogen-bond acceptors (Lipinski definition) is 3. The Morgan fingerprint density at radius 3 is 2.86 bits per heavy atom. The van der Waals surface area contributed by atoms with Crippen molar-refractivity contribution in [3.8, 4) is 5.75 Å². The molecule has 22 heavy (non-hydrogen) atoms. The van der Waals surface area contributed by atoms with Crippen LogP contribution in [0.4, 0.5) is 0 Å². The minimum Gasteiger partial charge on any atom is -0.481 e. The van der Waals surface area contributed by atoms with Gasteiger partial charge in [0.25, 0.3) is 5.91 Å². The van der Waals surface area contributed by atoms with Gasteiger partial charge in [-0.2, -0.15) is 11.8 Å². The number of thioether (sulfide) groups is 1. The molecule has 0 spiro atoms. The van der Waals surface area contributed by atoms with Crippen LogP contribution in [0.3, 0.4) is 0 Å². The van der Waals surface area contributed by atoms with Gasteiger partial charge in [0.1, 0.15) is 5.75 Å². The number of amides is 1. The Hall–Kier alpha value is -1.16. The van der Waals surface area contributed by atoms with Gasteiger partial charge in [-0.15, -0.1) is 0 Å². The normalized spacial score (nSPS) is 17.0. The third kappa shape index (κ3) is 5.91. The molecule has 3 nitrogen and oxygen atoms in total. The third-order valence-electron chi connectivity index (χ3n) is 3.98. The highest BCUT2D eigenvalue weighted by molar-refractivity contribution is 7.99. The molecule has 2 rings (SSSR count). The third-order valence-corrected chi connectivity index (χ3v) is 5.36. The first-order valence-corrected chi connectivity index (χ1v) is 9.32. The van der Waals surface area contributed by atoms with E-state index >= 15 is 0 Å². The Morgan fingerprint density at radius 2 is 2.14 bits per heavy atom. The van der Waals surface area contributed by atoms with Gasteiger partial charge in [0, 0.05) is 17.5 Å². The van der Waals surface area contributed by atoms with E-state index in [-0.39, 0.29) is 5.91 Å². The predicted octanol–water partition coefficient (Wildman–Crippen LogP) is 3.94. The fourth-order valence-corrected chi connectivity index (χ4v) is 3.94. The summed E-state index contributed by atoms with van der Waals surface area (Å²) in [5.74, 6) is 1.71. The van der Waals surface area contributed by atoms with Gasteiger partial charge < -0.3 is 10.1 Å². The van der Waals surface area contributed by atoms with Crippen molar-refractivity contribution in [2.75, 3.05) is 12.3 Å². The van der Waals surface area contributed by atoms with Gasteiger partial charge in [-0.05, 0) is 44.4 Å². The van der Waals surface area contributed by atoms with Crippen LogP contribution in [0.5, 0.6) is 5.75 Å². The van der Waals surface area contributed by atoms with Gasteiger partial charge in [-0.3, -0.25) is 4.79 Å². The van der Waals surface area contributed by atoms with Crippen molar-refractivity contribution < 1.29 is 9.53 Å². The summed E-state index contributed by atoms with van der Waals surface area (Å²) in [6, 6.07) is 7.79. The molecule has 1 N–H and O–H groups in total. The summed E-state index contributed by atoms with van der Waals surface area (Å²) >= 11 is 2.00. The number of ether oxygens (including phenoxy) is 1. The fourth-order valence-electron chi connectivity index (χ4n) is 2.72. The average Bonchev–Trinajstić information content (AvgIpc) is 2.52. The van der Waals surface area contributed by atoms with Crippen LogP contribution < -0.4 is 10.1 Å². The van der Waals surface area contributed by atoms with Crippen molar-refractivity contribution in [3.05, 3.63) is 29.8 Å². The molecule has 0 unspecified atom stereocenters. The molecule has 1 aromatic rings. The van der Waals surface area contributed by atoms with Crippen LogP contribution in [-0.2, 0) is 4.79 Å². The molecule has 0 saturated heterocycles. The Morgan fingerprint density at radius 1 is 1.36 bits per heavy atom. The molecule has 1 saturated carbocycles. The van der Waals surface area contributed by atoms with Gasteiger partial charge in [-0.1, -0.05) is 31.4 Å². The molecule has 1 aliphatic rings. The summed E-state index contributed by atoms with van der Waals surface area (Å²) in [6.07, 6.45) is 6.34. The van der Waals surface area contributed by atoms with E-state index in [1.807, 2.05) is 43.0 Å². The first-order chi connectivity index (χ1) is 10.6. The molecule has 1 atom stereocenters. The zero-order valence-corrected chi connectivity index (χ0v) is 14.5. The van der Waals surface area contributed by atoms with Crippen molar-refractivity contribution in [1.29, 1.82) is 0 Å². The van der Waals surface area contributed by atoms with Crippen molar-refractivity contribution in [1.82, 2.24) is 5.32 Å². The van der Waals surface area contributed by atoms with Gasteiger partial charge in [-0.25, -0.2) is 0 Å². The molecule has 122 valence electrons. The maximum Gasteiger partial charge on any atom is 0.260 e. The summed E-state index contributed by atoms with van der Waals surface area (Å²) in [4.78, 5) is 12.0. The summed E-state index contributed by atoms with van der Waals surface area (Å²) < 4.78 is 5.69. The smallest absolute Gasteiger partial charge is 0.260 e. The highest BCUT2D eigenvalue weighted by Crippen LogP contribution is 2.27. The first kappa shape index (κ1) is 17.2. The van der Waals surface area contributed by atoms with Crippen molar-refractivity contribution >= 4 is 17.7 Å². The topological polar surface area (TPSA) is 38.3 Å². The lowest BCUT2D eigenvalue weighted by Gasteiger charge is -2.21. The molecule has 0 aromatic heterocycles. The number of rotatable bonds is 7. The maximum atomic E-state index is 12.0. The Kier molecular flexibility index (Phi) is 7.10. The summed E-state index contributed by atoms with van der Waals surface area (Å²) in [6.45, 7) is 4.54. The van der Waals surface area contributed by atoms with E-state index < -0.39 is 6.10 Å². The number of nitrogens with one attached hydrogen (secondary N) is 1. The molecule has 1 aliphatic carbocycles. The summed E-state index contributed by atoms with van der Waals surface area (Å²) in [5.41, 5.74) is 1.13. The second-order valence-electron chi connectivity index (χ2n) is 6.00. The number of aryl methyl sites for hydroxylation is 1. The van der Waals surface area contributed by atoms with Crippen molar-refractivity contribution in [3.63, 3.8) is 0 Å². The zero-order valence-electron chi connectivity index (χ0n) is 13.6.